The molecule has 4 nitrogen and oxygen atoms in total. The highest BCUT2D eigenvalue weighted by atomic mass is 16.1. The van der Waals surface area contributed by atoms with E-state index in [0.29, 0.717) is 0 Å². The van der Waals surface area contributed by atoms with Gasteiger partial charge in [0.1, 0.15) is 5.82 Å². The van der Waals surface area contributed by atoms with Gasteiger partial charge in [0.05, 0.1) is 6.33 Å². The molecule has 0 unspecified atom stereocenters. The summed E-state index contributed by atoms with van der Waals surface area (Å²) in [7, 11) is 2.00. The van der Waals surface area contributed by atoms with Gasteiger partial charge in [0.25, 0.3) is 5.56 Å². The second kappa shape index (κ2) is 4.47. The molecule has 1 heterocycles. The molecular weight excluding hydrogens is 190 g/mol. The smallest absolute Gasteiger partial charge is 0.252 e. The van der Waals surface area contributed by atoms with Gasteiger partial charge in [-0.3, -0.25) is 4.79 Å². The van der Waals surface area contributed by atoms with Crippen molar-refractivity contribution in [1.82, 2.24) is 9.97 Å². The summed E-state index contributed by atoms with van der Waals surface area (Å²) in [6.45, 7) is 1.01. The van der Waals surface area contributed by atoms with Gasteiger partial charge in [-0.25, -0.2) is 4.98 Å². The molecular formula is C11H17N3O. The molecule has 82 valence electrons. The highest BCUT2D eigenvalue weighted by molar-refractivity contribution is 5.35. The van der Waals surface area contributed by atoms with Crippen LogP contribution in [-0.2, 0) is 0 Å². The van der Waals surface area contributed by atoms with E-state index in [4.69, 9.17) is 0 Å². The van der Waals surface area contributed by atoms with Gasteiger partial charge in [-0.1, -0.05) is 12.8 Å². The van der Waals surface area contributed by atoms with Gasteiger partial charge in [0.15, 0.2) is 0 Å². The van der Waals surface area contributed by atoms with Crippen molar-refractivity contribution < 1.29 is 0 Å². The minimum absolute atomic E-state index is 0.0849. The van der Waals surface area contributed by atoms with E-state index in [-0.39, 0.29) is 5.56 Å². The SMILES string of the molecule is CN(CC1CCCC1)c1cc(=O)[nH]cn1. The largest absolute Gasteiger partial charge is 0.359 e. The molecule has 0 atom stereocenters. The van der Waals surface area contributed by atoms with Gasteiger partial charge in [0, 0.05) is 19.7 Å². The summed E-state index contributed by atoms with van der Waals surface area (Å²) in [6, 6.07) is 1.55. The predicted octanol–water partition coefficient (Wildman–Crippen LogP) is 1.40. The second-order valence-corrected chi connectivity index (χ2v) is 4.30. The zero-order chi connectivity index (χ0) is 10.7. The van der Waals surface area contributed by atoms with E-state index in [2.05, 4.69) is 14.9 Å². The average molecular weight is 207 g/mol. The third-order valence-corrected chi connectivity index (χ3v) is 3.06. The number of H-pyrrole nitrogens is 1. The van der Waals surface area contributed by atoms with E-state index < -0.39 is 0 Å². The van der Waals surface area contributed by atoms with E-state index in [0.717, 1.165) is 18.3 Å². The summed E-state index contributed by atoms with van der Waals surface area (Å²) in [6.07, 6.45) is 6.78. The maximum atomic E-state index is 11.1. The molecule has 0 aromatic carbocycles. The van der Waals surface area contributed by atoms with Crippen molar-refractivity contribution >= 4 is 5.82 Å². The number of nitrogens with one attached hydrogen (secondary N) is 1. The van der Waals surface area contributed by atoms with Crippen LogP contribution in [0.5, 0.6) is 0 Å². The van der Waals surface area contributed by atoms with Crippen molar-refractivity contribution in [2.24, 2.45) is 5.92 Å². The first-order valence-corrected chi connectivity index (χ1v) is 5.51. The van der Waals surface area contributed by atoms with Crippen LogP contribution in [-0.4, -0.2) is 23.6 Å². The molecule has 0 aliphatic heterocycles. The Hall–Kier alpha value is -1.32. The minimum Gasteiger partial charge on any atom is -0.359 e. The monoisotopic (exact) mass is 207 g/mol. The summed E-state index contributed by atoms with van der Waals surface area (Å²) in [4.78, 5) is 19.9. The molecule has 1 aliphatic rings. The van der Waals surface area contributed by atoms with Crippen LogP contribution in [0, 0.1) is 5.92 Å². The zero-order valence-corrected chi connectivity index (χ0v) is 9.07. The van der Waals surface area contributed by atoms with Crippen molar-refractivity contribution in [3.05, 3.63) is 22.7 Å². The van der Waals surface area contributed by atoms with E-state index in [1.54, 1.807) is 6.07 Å². The van der Waals surface area contributed by atoms with Crippen molar-refractivity contribution in [1.29, 1.82) is 0 Å². The molecule has 1 aromatic heterocycles. The van der Waals surface area contributed by atoms with Gasteiger partial charge in [0.2, 0.25) is 0 Å². The zero-order valence-electron chi connectivity index (χ0n) is 9.07. The van der Waals surface area contributed by atoms with Gasteiger partial charge in [-0.2, -0.15) is 0 Å². The molecule has 1 saturated carbocycles. The Morgan fingerprint density at radius 2 is 2.27 bits per heavy atom. The van der Waals surface area contributed by atoms with Crippen LogP contribution in [0.25, 0.3) is 0 Å². The van der Waals surface area contributed by atoms with Gasteiger partial charge in [-0.15, -0.1) is 0 Å². The maximum absolute atomic E-state index is 11.1. The quantitative estimate of drug-likeness (QED) is 0.815. The summed E-state index contributed by atoms with van der Waals surface area (Å²) in [5.74, 6) is 1.54. The van der Waals surface area contributed by atoms with Crippen LogP contribution in [0.1, 0.15) is 25.7 Å². The van der Waals surface area contributed by atoms with Crippen molar-refractivity contribution in [3.63, 3.8) is 0 Å². The summed E-state index contributed by atoms with van der Waals surface area (Å²) in [5, 5.41) is 0. The average Bonchev–Trinajstić information content (AvgIpc) is 2.70. The van der Waals surface area contributed by atoms with Crippen LogP contribution in [0.3, 0.4) is 0 Å². The molecule has 4 heteroatoms. The number of anilines is 1. The second-order valence-electron chi connectivity index (χ2n) is 4.30. The minimum atomic E-state index is -0.0849. The molecule has 1 N–H and O–H groups in total. The molecule has 0 amide bonds. The number of aromatic nitrogens is 2. The normalized spacial score (nSPS) is 16.9. The van der Waals surface area contributed by atoms with E-state index in [9.17, 15) is 4.79 Å². The Bertz CT molecular complexity index is 368. The third-order valence-electron chi connectivity index (χ3n) is 3.06. The summed E-state index contributed by atoms with van der Waals surface area (Å²) < 4.78 is 0. The van der Waals surface area contributed by atoms with Crippen molar-refractivity contribution in [2.45, 2.75) is 25.7 Å². The summed E-state index contributed by atoms with van der Waals surface area (Å²) in [5.41, 5.74) is -0.0849. The number of hydrogen-bond acceptors (Lipinski definition) is 3. The van der Waals surface area contributed by atoms with Crippen LogP contribution in [0.4, 0.5) is 5.82 Å². The van der Waals surface area contributed by atoms with Crippen molar-refractivity contribution in [2.75, 3.05) is 18.5 Å². The first-order chi connectivity index (χ1) is 7.25. The molecule has 0 saturated heterocycles. The molecule has 1 aliphatic carbocycles. The molecule has 1 aromatic rings. The maximum Gasteiger partial charge on any atom is 0.252 e. The van der Waals surface area contributed by atoms with Gasteiger partial charge >= 0.3 is 0 Å². The van der Waals surface area contributed by atoms with Crippen LogP contribution in [0.15, 0.2) is 17.2 Å². The Labute approximate surface area is 89.3 Å². The molecule has 1 fully saturated rings. The lowest BCUT2D eigenvalue weighted by molar-refractivity contribution is 0.545. The first-order valence-electron chi connectivity index (χ1n) is 5.51. The number of aromatic amines is 1. The Morgan fingerprint density at radius 1 is 1.53 bits per heavy atom. The number of nitrogens with zero attached hydrogens (tertiary/aromatic N) is 2. The van der Waals surface area contributed by atoms with Crippen LogP contribution >= 0.6 is 0 Å². The highest BCUT2D eigenvalue weighted by Crippen LogP contribution is 2.25. The predicted molar refractivity (Wildman–Crippen MR) is 60.1 cm³/mol. The lowest BCUT2D eigenvalue weighted by Crippen LogP contribution is -2.26. The lowest BCUT2D eigenvalue weighted by Gasteiger charge is -2.21. The molecule has 2 rings (SSSR count). The first kappa shape index (κ1) is 10.2. The fourth-order valence-corrected chi connectivity index (χ4v) is 2.24. The third kappa shape index (κ3) is 2.58. The molecule has 0 radical (unpaired) electrons. The Kier molecular flexibility index (Phi) is 3.04. The fraction of sp³-hybridized carbons (Fsp3) is 0.636. The molecule has 0 spiro atoms. The van der Waals surface area contributed by atoms with Crippen LogP contribution < -0.4 is 10.5 Å². The Balaban J connectivity index is 2.00. The molecule has 0 bridgehead atoms. The summed E-state index contributed by atoms with van der Waals surface area (Å²) >= 11 is 0. The van der Waals surface area contributed by atoms with E-state index in [1.807, 2.05) is 7.05 Å². The topological polar surface area (TPSA) is 49.0 Å². The molecule has 15 heavy (non-hydrogen) atoms. The van der Waals surface area contributed by atoms with Crippen LogP contribution in [0.2, 0.25) is 0 Å². The number of rotatable bonds is 3. The number of hydrogen-bond donors (Lipinski definition) is 1. The van der Waals surface area contributed by atoms with E-state index in [1.165, 1.54) is 32.0 Å². The lowest BCUT2D eigenvalue weighted by atomic mass is 10.1. The van der Waals surface area contributed by atoms with E-state index >= 15 is 0 Å². The van der Waals surface area contributed by atoms with Crippen molar-refractivity contribution in [3.8, 4) is 0 Å². The highest BCUT2D eigenvalue weighted by Gasteiger charge is 2.17. The van der Waals surface area contributed by atoms with Gasteiger partial charge in [-0.05, 0) is 18.8 Å². The standard InChI is InChI=1S/C11H17N3O/c1-14(7-9-4-2-3-5-9)10-6-11(15)13-8-12-10/h6,8-9H,2-5,7H2,1H3,(H,12,13,15). The fourth-order valence-electron chi connectivity index (χ4n) is 2.24. The Morgan fingerprint density at radius 3 is 2.93 bits per heavy atom. The van der Waals surface area contributed by atoms with Gasteiger partial charge < -0.3 is 9.88 Å².